The minimum atomic E-state index is -1.04. The first-order valence-corrected chi connectivity index (χ1v) is 7.36. The normalized spacial score (nSPS) is 34.0. The molecule has 4 atom stereocenters. The van der Waals surface area contributed by atoms with Crippen LogP contribution in [0.5, 0.6) is 0 Å². The summed E-state index contributed by atoms with van der Waals surface area (Å²) in [5, 5.41) is 18.8. The summed E-state index contributed by atoms with van der Waals surface area (Å²) in [6.07, 6.45) is 3.76. The Morgan fingerprint density at radius 1 is 1.25 bits per heavy atom. The van der Waals surface area contributed by atoms with E-state index in [-0.39, 0.29) is 25.0 Å². The summed E-state index contributed by atoms with van der Waals surface area (Å²) >= 11 is 0. The van der Waals surface area contributed by atoms with Gasteiger partial charge in [0.05, 0.1) is 6.10 Å². The number of urea groups is 1. The number of hydrogen-bond acceptors (Lipinski definition) is 3. The maximum absolute atomic E-state index is 12.5. The largest absolute Gasteiger partial charge is 0.480 e. The topological polar surface area (TPSA) is 81.1 Å². The van der Waals surface area contributed by atoms with Gasteiger partial charge in [0.25, 0.3) is 0 Å². The average Bonchev–Trinajstić information content (AvgIpc) is 2.80. The number of carbonyl (C=O) groups is 2. The number of carboxylic acid groups (broad SMARTS) is 1. The molecule has 1 aliphatic heterocycles. The SMILES string of the molecule is CC1CCCCC1N(C)C(=O)N1C[C@H](O)C[C@@H]1C(=O)O. The Hall–Kier alpha value is -1.30. The molecule has 0 aromatic carbocycles. The summed E-state index contributed by atoms with van der Waals surface area (Å²) in [6.45, 7) is 2.25. The summed E-state index contributed by atoms with van der Waals surface area (Å²) in [5.74, 6) is -0.603. The second-order valence-electron chi connectivity index (χ2n) is 6.12. The van der Waals surface area contributed by atoms with Crippen LogP contribution in [0.2, 0.25) is 0 Å². The Kier molecular flexibility index (Phi) is 4.52. The number of rotatable bonds is 2. The minimum absolute atomic E-state index is 0.112. The first kappa shape index (κ1) is 15.1. The summed E-state index contributed by atoms with van der Waals surface area (Å²) in [7, 11) is 1.75. The second kappa shape index (κ2) is 5.99. The molecule has 1 saturated carbocycles. The van der Waals surface area contributed by atoms with E-state index < -0.39 is 18.1 Å². The van der Waals surface area contributed by atoms with Gasteiger partial charge in [-0.3, -0.25) is 0 Å². The fourth-order valence-electron chi connectivity index (χ4n) is 3.48. The van der Waals surface area contributed by atoms with E-state index in [2.05, 4.69) is 6.92 Å². The van der Waals surface area contributed by atoms with Gasteiger partial charge in [-0.15, -0.1) is 0 Å². The van der Waals surface area contributed by atoms with Crippen molar-refractivity contribution in [2.24, 2.45) is 5.92 Å². The highest BCUT2D eigenvalue weighted by atomic mass is 16.4. The van der Waals surface area contributed by atoms with Crippen LogP contribution in [0.3, 0.4) is 0 Å². The fourth-order valence-corrected chi connectivity index (χ4v) is 3.48. The van der Waals surface area contributed by atoms with Gasteiger partial charge in [-0.25, -0.2) is 9.59 Å². The Bertz CT molecular complexity index is 387. The van der Waals surface area contributed by atoms with Crippen molar-refractivity contribution in [1.29, 1.82) is 0 Å². The quantitative estimate of drug-likeness (QED) is 0.796. The Morgan fingerprint density at radius 3 is 2.50 bits per heavy atom. The number of amides is 2. The number of likely N-dealkylation sites (tertiary alicyclic amines) is 1. The number of aliphatic hydroxyl groups excluding tert-OH is 1. The summed E-state index contributed by atoms with van der Waals surface area (Å²) < 4.78 is 0. The van der Waals surface area contributed by atoms with Crippen LogP contribution in [0.1, 0.15) is 39.0 Å². The Morgan fingerprint density at radius 2 is 1.90 bits per heavy atom. The molecule has 20 heavy (non-hydrogen) atoms. The van der Waals surface area contributed by atoms with Crippen molar-refractivity contribution < 1.29 is 19.8 Å². The zero-order chi connectivity index (χ0) is 14.9. The Labute approximate surface area is 119 Å². The molecular weight excluding hydrogens is 260 g/mol. The molecule has 2 fully saturated rings. The monoisotopic (exact) mass is 284 g/mol. The molecule has 0 bridgehead atoms. The maximum Gasteiger partial charge on any atom is 0.326 e. The van der Waals surface area contributed by atoms with Gasteiger partial charge in [-0.1, -0.05) is 19.8 Å². The molecule has 2 N–H and O–H groups in total. The fraction of sp³-hybridized carbons (Fsp3) is 0.857. The van der Waals surface area contributed by atoms with Gasteiger partial charge in [0.15, 0.2) is 0 Å². The predicted molar refractivity (Wildman–Crippen MR) is 73.3 cm³/mol. The molecule has 6 nitrogen and oxygen atoms in total. The lowest BCUT2D eigenvalue weighted by atomic mass is 9.85. The van der Waals surface area contributed by atoms with Gasteiger partial charge < -0.3 is 20.0 Å². The van der Waals surface area contributed by atoms with Crippen LogP contribution < -0.4 is 0 Å². The lowest BCUT2D eigenvalue weighted by molar-refractivity contribution is -0.141. The van der Waals surface area contributed by atoms with Crippen molar-refractivity contribution in [1.82, 2.24) is 9.80 Å². The summed E-state index contributed by atoms with van der Waals surface area (Å²) in [4.78, 5) is 26.7. The van der Waals surface area contributed by atoms with E-state index in [1.807, 2.05) is 0 Å². The van der Waals surface area contributed by atoms with Crippen LogP contribution in [0, 0.1) is 5.92 Å². The van der Waals surface area contributed by atoms with E-state index in [9.17, 15) is 19.8 Å². The molecule has 114 valence electrons. The average molecular weight is 284 g/mol. The van der Waals surface area contributed by atoms with Gasteiger partial charge in [0, 0.05) is 26.1 Å². The molecule has 1 aliphatic carbocycles. The van der Waals surface area contributed by atoms with Crippen LogP contribution in [-0.2, 0) is 4.79 Å². The highest BCUT2D eigenvalue weighted by Gasteiger charge is 2.41. The first-order chi connectivity index (χ1) is 9.41. The highest BCUT2D eigenvalue weighted by molar-refractivity contribution is 5.83. The van der Waals surface area contributed by atoms with Gasteiger partial charge in [0.2, 0.25) is 0 Å². The van der Waals surface area contributed by atoms with Crippen molar-refractivity contribution in [3.05, 3.63) is 0 Å². The van der Waals surface area contributed by atoms with E-state index in [1.54, 1.807) is 11.9 Å². The van der Waals surface area contributed by atoms with E-state index >= 15 is 0 Å². The van der Waals surface area contributed by atoms with Gasteiger partial charge in [-0.2, -0.15) is 0 Å². The molecule has 2 rings (SSSR count). The maximum atomic E-state index is 12.5. The van der Waals surface area contributed by atoms with Crippen LogP contribution in [-0.4, -0.2) is 63.8 Å². The van der Waals surface area contributed by atoms with E-state index in [4.69, 9.17) is 0 Å². The second-order valence-corrected chi connectivity index (χ2v) is 6.12. The third-order valence-electron chi connectivity index (χ3n) is 4.68. The number of β-amino-alcohol motifs (C(OH)–C–C–N with tert-alkyl or cyclic N) is 1. The van der Waals surface area contributed by atoms with Crippen molar-refractivity contribution in [2.75, 3.05) is 13.6 Å². The molecule has 2 aliphatic rings. The molecule has 0 radical (unpaired) electrons. The van der Waals surface area contributed by atoms with Gasteiger partial charge >= 0.3 is 12.0 Å². The molecule has 6 heteroatoms. The van der Waals surface area contributed by atoms with Crippen molar-refractivity contribution in [3.8, 4) is 0 Å². The predicted octanol–water partition coefficient (Wildman–Crippen LogP) is 1.14. The zero-order valence-electron chi connectivity index (χ0n) is 12.2. The number of aliphatic carboxylic acids is 1. The summed E-state index contributed by atoms with van der Waals surface area (Å²) in [6, 6.07) is -1.00. The number of carboxylic acids is 1. The highest BCUT2D eigenvalue weighted by Crippen LogP contribution is 2.29. The van der Waals surface area contributed by atoms with Crippen LogP contribution >= 0.6 is 0 Å². The van der Waals surface area contributed by atoms with E-state index in [1.165, 1.54) is 11.3 Å². The third kappa shape index (κ3) is 2.90. The molecule has 0 aromatic rings. The van der Waals surface area contributed by atoms with Crippen LogP contribution in [0.4, 0.5) is 4.79 Å². The smallest absolute Gasteiger partial charge is 0.326 e. The van der Waals surface area contributed by atoms with E-state index in [0.29, 0.717) is 5.92 Å². The molecule has 0 aromatic heterocycles. The molecular formula is C14H24N2O4. The molecule has 0 spiro atoms. The molecule has 1 saturated heterocycles. The number of carbonyl (C=O) groups excluding carboxylic acids is 1. The number of hydrogen-bond donors (Lipinski definition) is 2. The lowest BCUT2D eigenvalue weighted by Crippen LogP contribution is -2.52. The Balaban J connectivity index is 2.07. The van der Waals surface area contributed by atoms with Crippen molar-refractivity contribution in [2.45, 2.75) is 57.2 Å². The van der Waals surface area contributed by atoms with Crippen LogP contribution in [0.25, 0.3) is 0 Å². The standard InChI is InChI=1S/C14H24N2O4/c1-9-5-3-4-6-11(9)15(2)14(20)16-8-10(17)7-12(16)13(18)19/h9-12,17H,3-8H2,1-2H3,(H,18,19)/t9?,10-,11?,12-/m1/s1. The third-order valence-corrected chi connectivity index (χ3v) is 4.68. The number of aliphatic hydroxyl groups is 1. The van der Waals surface area contributed by atoms with Gasteiger partial charge in [0.1, 0.15) is 6.04 Å². The molecule has 2 unspecified atom stereocenters. The lowest BCUT2D eigenvalue weighted by Gasteiger charge is -2.38. The summed E-state index contributed by atoms with van der Waals surface area (Å²) in [5.41, 5.74) is 0. The molecule has 2 amide bonds. The van der Waals surface area contributed by atoms with Crippen LogP contribution in [0.15, 0.2) is 0 Å². The van der Waals surface area contributed by atoms with Crippen molar-refractivity contribution >= 4 is 12.0 Å². The van der Waals surface area contributed by atoms with Crippen molar-refractivity contribution in [3.63, 3.8) is 0 Å². The van der Waals surface area contributed by atoms with Gasteiger partial charge in [-0.05, 0) is 18.8 Å². The first-order valence-electron chi connectivity index (χ1n) is 7.36. The molecule has 1 heterocycles. The van der Waals surface area contributed by atoms with E-state index in [0.717, 1.165) is 19.3 Å². The zero-order valence-corrected chi connectivity index (χ0v) is 12.2. The number of nitrogens with zero attached hydrogens (tertiary/aromatic N) is 2. The minimum Gasteiger partial charge on any atom is -0.480 e.